The molecular formula is C23H20BrFN2O4. The van der Waals surface area contributed by atoms with Gasteiger partial charge < -0.3 is 19.9 Å². The molecular weight excluding hydrogens is 467 g/mol. The zero-order valence-corrected chi connectivity index (χ0v) is 18.5. The quantitative estimate of drug-likeness (QED) is 0.588. The van der Waals surface area contributed by atoms with E-state index in [1.165, 1.54) is 6.07 Å². The third-order valence-electron chi connectivity index (χ3n) is 4.72. The number of nitriles is 1. The number of halogens is 2. The van der Waals surface area contributed by atoms with Crippen molar-refractivity contribution in [1.82, 2.24) is 0 Å². The molecule has 0 saturated heterocycles. The van der Waals surface area contributed by atoms with Gasteiger partial charge in [-0.2, -0.15) is 5.26 Å². The van der Waals surface area contributed by atoms with Crippen LogP contribution in [-0.4, -0.2) is 12.6 Å². The highest BCUT2D eigenvalue weighted by atomic mass is 79.9. The molecule has 2 N–H and O–H groups in total. The molecule has 0 bridgehead atoms. The van der Waals surface area contributed by atoms with Crippen LogP contribution in [0.3, 0.4) is 0 Å². The lowest BCUT2D eigenvalue weighted by Gasteiger charge is -2.26. The Kier molecular flexibility index (Phi) is 6.98. The van der Waals surface area contributed by atoms with E-state index in [9.17, 15) is 14.4 Å². The van der Waals surface area contributed by atoms with E-state index in [-0.39, 0.29) is 41.8 Å². The smallest absolute Gasteiger partial charge is 0.338 e. The number of rotatable bonds is 6. The van der Waals surface area contributed by atoms with Gasteiger partial charge in [-0.3, -0.25) is 0 Å². The minimum atomic E-state index is -0.726. The Morgan fingerprint density at radius 1 is 1.29 bits per heavy atom. The first-order valence-electron chi connectivity index (χ1n) is 9.47. The van der Waals surface area contributed by atoms with Crippen molar-refractivity contribution in [2.75, 3.05) is 6.61 Å². The number of carbonyl (C=O) groups is 1. The second kappa shape index (κ2) is 9.67. The highest BCUT2D eigenvalue weighted by Crippen LogP contribution is 2.40. The Balaban J connectivity index is 1.86. The average molecular weight is 487 g/mol. The van der Waals surface area contributed by atoms with E-state index in [0.29, 0.717) is 21.3 Å². The Hall–Kier alpha value is -3.31. The standard InChI is InChI=1S/C23H20BrFN2O4/c1-3-29-23(28)20-13(2)31-22(27)18(11-26)21(20)14-5-8-17(9-6-14)30-12-15-4-7-16(24)10-19(15)25/h4-10,21H,3,12,27H2,1-2H3. The van der Waals surface area contributed by atoms with Crippen molar-refractivity contribution < 1.29 is 23.4 Å². The van der Waals surface area contributed by atoms with Crippen LogP contribution in [0.15, 0.2) is 69.7 Å². The minimum Gasteiger partial charge on any atom is -0.489 e. The second-order valence-corrected chi connectivity index (χ2v) is 7.62. The Morgan fingerprint density at radius 2 is 2.00 bits per heavy atom. The Labute approximate surface area is 187 Å². The molecule has 31 heavy (non-hydrogen) atoms. The van der Waals surface area contributed by atoms with Crippen molar-refractivity contribution in [3.63, 3.8) is 0 Å². The average Bonchev–Trinajstić information content (AvgIpc) is 2.73. The van der Waals surface area contributed by atoms with Gasteiger partial charge >= 0.3 is 5.97 Å². The van der Waals surface area contributed by atoms with E-state index < -0.39 is 11.9 Å². The zero-order chi connectivity index (χ0) is 22.5. The van der Waals surface area contributed by atoms with E-state index in [4.69, 9.17) is 19.9 Å². The number of ether oxygens (including phenoxy) is 3. The molecule has 8 heteroatoms. The van der Waals surface area contributed by atoms with Crippen LogP contribution in [0.25, 0.3) is 0 Å². The van der Waals surface area contributed by atoms with Gasteiger partial charge in [0.25, 0.3) is 0 Å². The molecule has 0 radical (unpaired) electrons. The Bertz CT molecular complexity index is 1100. The number of hydrogen-bond acceptors (Lipinski definition) is 6. The second-order valence-electron chi connectivity index (χ2n) is 6.71. The highest BCUT2D eigenvalue weighted by molar-refractivity contribution is 9.10. The summed E-state index contributed by atoms with van der Waals surface area (Å²) in [7, 11) is 0. The Morgan fingerprint density at radius 3 is 2.61 bits per heavy atom. The van der Waals surface area contributed by atoms with Gasteiger partial charge in [0.1, 0.15) is 35.6 Å². The summed E-state index contributed by atoms with van der Waals surface area (Å²) in [5, 5.41) is 9.61. The molecule has 1 unspecified atom stereocenters. The molecule has 0 fully saturated rings. The minimum absolute atomic E-state index is 0.0518. The van der Waals surface area contributed by atoms with Gasteiger partial charge in [0.15, 0.2) is 0 Å². The summed E-state index contributed by atoms with van der Waals surface area (Å²) in [6, 6.07) is 13.6. The van der Waals surface area contributed by atoms with Crippen LogP contribution >= 0.6 is 15.9 Å². The van der Waals surface area contributed by atoms with Crippen LogP contribution in [0.2, 0.25) is 0 Å². The molecule has 6 nitrogen and oxygen atoms in total. The number of nitrogens with zero attached hydrogens (tertiary/aromatic N) is 1. The lowest BCUT2D eigenvalue weighted by Crippen LogP contribution is -2.25. The van der Waals surface area contributed by atoms with Crippen molar-refractivity contribution >= 4 is 21.9 Å². The van der Waals surface area contributed by atoms with Gasteiger partial charge in [-0.25, -0.2) is 9.18 Å². The van der Waals surface area contributed by atoms with Gasteiger partial charge in [0, 0.05) is 10.0 Å². The molecule has 0 saturated carbocycles. The number of carbonyl (C=O) groups excluding carboxylic acids is 1. The van der Waals surface area contributed by atoms with Crippen LogP contribution in [0.5, 0.6) is 5.75 Å². The van der Waals surface area contributed by atoms with E-state index in [1.807, 2.05) is 6.07 Å². The summed E-state index contributed by atoms with van der Waals surface area (Å²) in [5.41, 5.74) is 7.31. The fourth-order valence-corrected chi connectivity index (χ4v) is 3.58. The maximum Gasteiger partial charge on any atom is 0.338 e. The van der Waals surface area contributed by atoms with Crippen LogP contribution in [-0.2, 0) is 20.9 Å². The maximum atomic E-state index is 14.0. The van der Waals surface area contributed by atoms with Crippen LogP contribution in [0.4, 0.5) is 4.39 Å². The van der Waals surface area contributed by atoms with E-state index in [0.717, 1.165) is 0 Å². The fourth-order valence-electron chi connectivity index (χ4n) is 3.24. The highest BCUT2D eigenvalue weighted by Gasteiger charge is 2.36. The van der Waals surface area contributed by atoms with Crippen molar-refractivity contribution in [3.8, 4) is 11.8 Å². The molecule has 1 atom stereocenters. The molecule has 1 heterocycles. The fraction of sp³-hybridized carbons (Fsp3) is 0.217. The zero-order valence-electron chi connectivity index (χ0n) is 16.9. The summed E-state index contributed by atoms with van der Waals surface area (Å²) >= 11 is 3.22. The van der Waals surface area contributed by atoms with E-state index in [2.05, 4.69) is 15.9 Å². The third kappa shape index (κ3) is 4.89. The number of benzene rings is 2. The maximum absolute atomic E-state index is 14.0. The molecule has 1 aliphatic heterocycles. The van der Waals surface area contributed by atoms with Gasteiger partial charge in [-0.1, -0.05) is 34.1 Å². The molecule has 0 aliphatic carbocycles. The summed E-state index contributed by atoms with van der Waals surface area (Å²) in [4.78, 5) is 12.5. The lowest BCUT2D eigenvalue weighted by atomic mass is 9.83. The molecule has 0 aromatic heterocycles. The van der Waals surface area contributed by atoms with Crippen molar-refractivity contribution in [2.24, 2.45) is 5.73 Å². The van der Waals surface area contributed by atoms with Crippen molar-refractivity contribution in [3.05, 3.63) is 86.7 Å². The third-order valence-corrected chi connectivity index (χ3v) is 5.22. The van der Waals surface area contributed by atoms with Crippen molar-refractivity contribution in [1.29, 1.82) is 5.26 Å². The predicted molar refractivity (Wildman–Crippen MR) is 115 cm³/mol. The predicted octanol–water partition coefficient (Wildman–Crippen LogP) is 4.81. The van der Waals surface area contributed by atoms with Crippen LogP contribution in [0, 0.1) is 17.1 Å². The van der Waals surface area contributed by atoms with Crippen LogP contribution < -0.4 is 10.5 Å². The summed E-state index contributed by atoms with van der Waals surface area (Å²) in [6.45, 7) is 3.54. The normalized spacial score (nSPS) is 15.9. The lowest BCUT2D eigenvalue weighted by molar-refractivity contribution is -0.139. The first kappa shape index (κ1) is 22.4. The van der Waals surface area contributed by atoms with Crippen LogP contribution in [0.1, 0.15) is 30.9 Å². The first-order chi connectivity index (χ1) is 14.8. The number of nitrogens with two attached hydrogens (primary N) is 1. The number of allylic oxidation sites excluding steroid dienone is 2. The molecule has 2 aromatic carbocycles. The molecule has 1 aliphatic rings. The number of hydrogen-bond donors (Lipinski definition) is 1. The first-order valence-corrected chi connectivity index (χ1v) is 10.3. The molecule has 0 spiro atoms. The SMILES string of the molecule is CCOC(=O)C1=C(C)OC(N)=C(C#N)C1c1ccc(OCc2ccc(Br)cc2F)cc1. The molecule has 2 aromatic rings. The monoisotopic (exact) mass is 486 g/mol. The van der Waals surface area contributed by atoms with Gasteiger partial charge in [-0.05, 0) is 43.7 Å². The largest absolute Gasteiger partial charge is 0.489 e. The topological polar surface area (TPSA) is 94.6 Å². The summed E-state index contributed by atoms with van der Waals surface area (Å²) < 4.78 is 30.9. The van der Waals surface area contributed by atoms with E-state index in [1.54, 1.807) is 50.2 Å². The molecule has 160 valence electrons. The molecule has 3 rings (SSSR count). The number of esters is 1. The van der Waals surface area contributed by atoms with Crippen molar-refractivity contribution in [2.45, 2.75) is 26.4 Å². The molecule has 0 amide bonds. The summed E-state index contributed by atoms with van der Waals surface area (Å²) in [6.07, 6.45) is 0. The van der Waals surface area contributed by atoms with Gasteiger partial charge in [0.2, 0.25) is 5.88 Å². The summed E-state index contributed by atoms with van der Waals surface area (Å²) in [5.74, 6) is -0.929. The van der Waals surface area contributed by atoms with Gasteiger partial charge in [-0.15, -0.1) is 0 Å². The van der Waals surface area contributed by atoms with Gasteiger partial charge in [0.05, 0.1) is 18.1 Å². The van der Waals surface area contributed by atoms with E-state index >= 15 is 0 Å².